The maximum atomic E-state index is 13.8. The molecule has 26 heavy (non-hydrogen) atoms. The number of nitrogens with zero attached hydrogens (tertiary/aromatic N) is 1. The monoisotopic (exact) mass is 359 g/mol. The van der Waals surface area contributed by atoms with Gasteiger partial charge in [-0.2, -0.15) is 0 Å². The lowest BCUT2D eigenvalue weighted by molar-refractivity contribution is -0.0548. The summed E-state index contributed by atoms with van der Waals surface area (Å²) < 4.78 is 25.4. The van der Waals surface area contributed by atoms with E-state index in [-0.39, 0.29) is 17.3 Å². The van der Waals surface area contributed by atoms with Crippen molar-refractivity contribution in [3.05, 3.63) is 59.9 Å². The van der Waals surface area contributed by atoms with Gasteiger partial charge in [0.25, 0.3) is 0 Å². The van der Waals surface area contributed by atoms with Gasteiger partial charge in [0.15, 0.2) is 11.6 Å². The number of halogens is 1. The van der Waals surface area contributed by atoms with Crippen molar-refractivity contribution >= 4 is 0 Å². The number of para-hydroxylation sites is 1. The van der Waals surface area contributed by atoms with Gasteiger partial charge in [-0.1, -0.05) is 24.3 Å². The normalized spacial score (nSPS) is 21.3. The van der Waals surface area contributed by atoms with Gasteiger partial charge in [0.05, 0.1) is 0 Å². The second-order valence-electron chi connectivity index (χ2n) is 6.90. The van der Waals surface area contributed by atoms with E-state index in [0.717, 1.165) is 38.9 Å². The van der Waals surface area contributed by atoms with Crippen LogP contribution in [0.5, 0.6) is 11.5 Å². The van der Waals surface area contributed by atoms with Gasteiger partial charge in [-0.15, -0.1) is 0 Å². The maximum absolute atomic E-state index is 13.8. The van der Waals surface area contributed by atoms with Crippen molar-refractivity contribution in [3.8, 4) is 11.5 Å². The maximum Gasteiger partial charge on any atom is 0.165 e. The summed E-state index contributed by atoms with van der Waals surface area (Å²) in [6.07, 6.45) is 2.70. The molecule has 5 heteroatoms. The first-order valence-corrected chi connectivity index (χ1v) is 9.03. The SMILES string of the molecule is CO[C@]1(COc2ccccc2F)CCCN(Cc2ccc(O)cc2)CC1. The Hall–Kier alpha value is -2.11. The van der Waals surface area contributed by atoms with Crippen molar-refractivity contribution in [2.45, 2.75) is 31.4 Å². The highest BCUT2D eigenvalue weighted by molar-refractivity contribution is 5.26. The molecule has 3 rings (SSSR count). The minimum Gasteiger partial charge on any atom is -0.508 e. The topological polar surface area (TPSA) is 41.9 Å². The van der Waals surface area contributed by atoms with Crippen molar-refractivity contribution in [2.75, 3.05) is 26.8 Å². The number of phenolic OH excluding ortho intramolecular Hbond substituents is 1. The summed E-state index contributed by atoms with van der Waals surface area (Å²) in [7, 11) is 1.71. The van der Waals surface area contributed by atoms with Crippen LogP contribution in [-0.4, -0.2) is 42.4 Å². The average Bonchev–Trinajstić information content (AvgIpc) is 2.86. The summed E-state index contributed by atoms with van der Waals surface area (Å²) in [4.78, 5) is 2.39. The first kappa shape index (κ1) is 18.7. The van der Waals surface area contributed by atoms with E-state index in [0.29, 0.717) is 6.61 Å². The molecule has 140 valence electrons. The van der Waals surface area contributed by atoms with Gasteiger partial charge in [0, 0.05) is 20.2 Å². The molecule has 1 saturated heterocycles. The molecule has 2 aromatic carbocycles. The molecule has 1 fully saturated rings. The predicted molar refractivity (Wildman–Crippen MR) is 98.9 cm³/mol. The van der Waals surface area contributed by atoms with Crippen molar-refractivity contribution in [1.82, 2.24) is 4.90 Å². The molecule has 4 nitrogen and oxygen atoms in total. The predicted octanol–water partition coefficient (Wildman–Crippen LogP) is 3.98. The van der Waals surface area contributed by atoms with E-state index >= 15 is 0 Å². The Balaban J connectivity index is 1.59. The molecule has 1 atom stereocenters. The second-order valence-corrected chi connectivity index (χ2v) is 6.90. The summed E-state index contributed by atoms with van der Waals surface area (Å²) in [6, 6.07) is 13.8. The lowest BCUT2D eigenvalue weighted by atomic mass is 9.95. The number of likely N-dealkylation sites (tertiary alicyclic amines) is 1. The van der Waals surface area contributed by atoms with E-state index in [1.807, 2.05) is 12.1 Å². The van der Waals surface area contributed by atoms with Gasteiger partial charge in [-0.3, -0.25) is 4.90 Å². The van der Waals surface area contributed by atoms with Crippen molar-refractivity contribution in [2.24, 2.45) is 0 Å². The molecule has 0 spiro atoms. The lowest BCUT2D eigenvalue weighted by Crippen LogP contribution is -2.39. The van der Waals surface area contributed by atoms with Gasteiger partial charge in [0.1, 0.15) is 18.0 Å². The first-order valence-electron chi connectivity index (χ1n) is 9.03. The first-order chi connectivity index (χ1) is 12.6. The number of phenols is 1. The van der Waals surface area contributed by atoms with E-state index < -0.39 is 5.60 Å². The van der Waals surface area contributed by atoms with E-state index in [1.54, 1.807) is 37.4 Å². The summed E-state index contributed by atoms with van der Waals surface area (Å²) in [5, 5.41) is 9.41. The average molecular weight is 359 g/mol. The molecule has 2 aromatic rings. The van der Waals surface area contributed by atoms with Crippen LogP contribution < -0.4 is 4.74 Å². The van der Waals surface area contributed by atoms with Gasteiger partial charge in [-0.05, 0) is 55.6 Å². The minimum absolute atomic E-state index is 0.272. The Bertz CT molecular complexity index is 707. The zero-order valence-corrected chi connectivity index (χ0v) is 15.2. The quantitative estimate of drug-likeness (QED) is 0.847. The third kappa shape index (κ3) is 4.74. The Morgan fingerprint density at radius 3 is 2.58 bits per heavy atom. The molecule has 1 aliphatic rings. The standard InChI is InChI=1S/C21H26FNO3/c1-25-21(16-26-20-6-3-2-5-19(20)22)11-4-13-23(14-12-21)15-17-7-9-18(24)10-8-17/h2-3,5-10,24H,4,11-16H2,1H3/t21-/m1/s1. The van der Waals surface area contributed by atoms with Crippen LogP contribution in [0.2, 0.25) is 0 Å². The van der Waals surface area contributed by atoms with Crippen LogP contribution in [-0.2, 0) is 11.3 Å². The number of methoxy groups -OCH3 is 1. The third-order valence-corrected chi connectivity index (χ3v) is 5.09. The number of hydrogen-bond donors (Lipinski definition) is 1. The van der Waals surface area contributed by atoms with Gasteiger partial charge in [0.2, 0.25) is 0 Å². The molecular weight excluding hydrogens is 333 g/mol. The fraction of sp³-hybridized carbons (Fsp3) is 0.429. The molecule has 1 aliphatic heterocycles. The smallest absolute Gasteiger partial charge is 0.165 e. The highest BCUT2D eigenvalue weighted by Crippen LogP contribution is 2.28. The molecule has 0 amide bonds. The molecule has 1 N–H and O–H groups in total. The fourth-order valence-electron chi connectivity index (χ4n) is 3.42. The van der Waals surface area contributed by atoms with E-state index in [9.17, 15) is 9.50 Å². The number of rotatable bonds is 6. The zero-order valence-electron chi connectivity index (χ0n) is 15.2. The Morgan fingerprint density at radius 2 is 1.85 bits per heavy atom. The largest absolute Gasteiger partial charge is 0.508 e. The summed E-state index contributed by atoms with van der Waals surface area (Å²) in [5.74, 6) is 0.212. The molecule has 0 aromatic heterocycles. The van der Waals surface area contributed by atoms with Crippen molar-refractivity contribution in [3.63, 3.8) is 0 Å². The zero-order chi connectivity index (χ0) is 18.4. The summed E-state index contributed by atoms with van der Waals surface area (Å²) in [6.45, 7) is 3.05. The highest BCUT2D eigenvalue weighted by atomic mass is 19.1. The minimum atomic E-state index is -0.397. The molecule has 0 bridgehead atoms. The van der Waals surface area contributed by atoms with Crippen LogP contribution in [0.3, 0.4) is 0 Å². The van der Waals surface area contributed by atoms with E-state index in [1.165, 1.54) is 11.6 Å². The van der Waals surface area contributed by atoms with Gasteiger partial charge < -0.3 is 14.6 Å². The van der Waals surface area contributed by atoms with Crippen LogP contribution in [0, 0.1) is 5.82 Å². The molecule has 0 radical (unpaired) electrons. The number of aromatic hydroxyl groups is 1. The van der Waals surface area contributed by atoms with Gasteiger partial charge >= 0.3 is 0 Å². The Labute approximate surface area is 154 Å². The second kappa shape index (κ2) is 8.52. The Kier molecular flexibility index (Phi) is 6.12. The molecule has 0 unspecified atom stereocenters. The highest BCUT2D eigenvalue weighted by Gasteiger charge is 2.33. The van der Waals surface area contributed by atoms with E-state index in [4.69, 9.17) is 9.47 Å². The summed E-state index contributed by atoms with van der Waals surface area (Å²) in [5.41, 5.74) is 0.779. The van der Waals surface area contributed by atoms with Crippen LogP contribution in [0.15, 0.2) is 48.5 Å². The van der Waals surface area contributed by atoms with Gasteiger partial charge in [-0.25, -0.2) is 4.39 Å². The lowest BCUT2D eigenvalue weighted by Gasteiger charge is -2.31. The van der Waals surface area contributed by atoms with Crippen LogP contribution in [0.1, 0.15) is 24.8 Å². The number of ether oxygens (including phenoxy) is 2. The number of hydrogen-bond acceptors (Lipinski definition) is 4. The van der Waals surface area contributed by atoms with Crippen LogP contribution >= 0.6 is 0 Å². The van der Waals surface area contributed by atoms with Crippen molar-refractivity contribution < 1.29 is 19.0 Å². The van der Waals surface area contributed by atoms with E-state index in [2.05, 4.69) is 4.90 Å². The molecular formula is C21H26FNO3. The summed E-state index contributed by atoms with van der Waals surface area (Å²) >= 11 is 0. The third-order valence-electron chi connectivity index (χ3n) is 5.09. The molecule has 0 aliphatic carbocycles. The van der Waals surface area contributed by atoms with Crippen LogP contribution in [0.25, 0.3) is 0 Å². The molecule has 0 saturated carbocycles. The van der Waals surface area contributed by atoms with Crippen LogP contribution in [0.4, 0.5) is 4.39 Å². The number of benzene rings is 2. The van der Waals surface area contributed by atoms with Crippen molar-refractivity contribution in [1.29, 1.82) is 0 Å². The Morgan fingerprint density at radius 1 is 1.08 bits per heavy atom. The molecule has 1 heterocycles. The fourth-order valence-corrected chi connectivity index (χ4v) is 3.42.